The molecule has 9 nitrogen and oxygen atoms in total. The Balaban J connectivity index is 1.89. The van der Waals surface area contributed by atoms with Crippen LogP contribution in [0.4, 0.5) is 0 Å². The molecular formula is C11H16N6O3. The van der Waals surface area contributed by atoms with E-state index < -0.39 is 17.9 Å². The lowest BCUT2D eigenvalue weighted by Gasteiger charge is -2.22. The fraction of sp³-hybridized carbons (Fsp3) is 0.545. The Labute approximate surface area is 115 Å². The second kappa shape index (κ2) is 5.68. The van der Waals surface area contributed by atoms with Crippen molar-refractivity contribution in [2.45, 2.75) is 18.9 Å². The third-order valence-electron chi connectivity index (χ3n) is 3.13. The van der Waals surface area contributed by atoms with Crippen LogP contribution in [0.5, 0.6) is 0 Å². The molecule has 1 aromatic rings. The summed E-state index contributed by atoms with van der Waals surface area (Å²) in [5, 5.41) is 10.0. The van der Waals surface area contributed by atoms with Crippen LogP contribution in [0.25, 0.3) is 0 Å². The predicted molar refractivity (Wildman–Crippen MR) is 67.3 cm³/mol. The van der Waals surface area contributed by atoms with Crippen molar-refractivity contribution in [3.8, 4) is 0 Å². The van der Waals surface area contributed by atoms with Crippen LogP contribution in [0.15, 0.2) is 6.20 Å². The van der Waals surface area contributed by atoms with Gasteiger partial charge in [-0.1, -0.05) is 0 Å². The van der Waals surface area contributed by atoms with Crippen molar-refractivity contribution in [3.63, 3.8) is 0 Å². The molecule has 2 heterocycles. The van der Waals surface area contributed by atoms with Crippen LogP contribution in [-0.4, -0.2) is 56.7 Å². The summed E-state index contributed by atoms with van der Waals surface area (Å²) in [7, 11) is 1.59. The molecule has 9 heteroatoms. The topological polar surface area (TPSA) is 123 Å². The highest BCUT2D eigenvalue weighted by Crippen LogP contribution is 2.16. The Kier molecular flexibility index (Phi) is 3.97. The van der Waals surface area contributed by atoms with Gasteiger partial charge in [0, 0.05) is 13.6 Å². The molecule has 0 spiro atoms. The largest absolute Gasteiger partial charge is 0.368 e. The highest BCUT2D eigenvalue weighted by atomic mass is 16.2. The maximum absolute atomic E-state index is 12.0. The molecule has 0 saturated carbocycles. The summed E-state index contributed by atoms with van der Waals surface area (Å²) in [6.45, 7) is 0.284. The number of rotatable bonds is 4. The van der Waals surface area contributed by atoms with Crippen molar-refractivity contribution in [1.29, 1.82) is 0 Å². The van der Waals surface area contributed by atoms with Crippen LogP contribution < -0.4 is 11.1 Å². The van der Waals surface area contributed by atoms with Gasteiger partial charge in [-0.05, 0) is 12.8 Å². The number of nitrogens with zero attached hydrogens (tertiary/aromatic N) is 4. The number of carbonyl (C=O) groups excluding carboxylic acids is 3. The summed E-state index contributed by atoms with van der Waals surface area (Å²) in [4.78, 5) is 37.5. The summed E-state index contributed by atoms with van der Waals surface area (Å²) < 4.78 is 0. The van der Waals surface area contributed by atoms with Gasteiger partial charge in [0.15, 0.2) is 5.69 Å². The monoisotopic (exact) mass is 280 g/mol. The van der Waals surface area contributed by atoms with E-state index >= 15 is 0 Å². The van der Waals surface area contributed by atoms with Crippen molar-refractivity contribution in [2.24, 2.45) is 12.8 Å². The van der Waals surface area contributed by atoms with Gasteiger partial charge in [0.05, 0.1) is 12.7 Å². The van der Waals surface area contributed by atoms with E-state index in [0.717, 1.165) is 6.42 Å². The smallest absolute Gasteiger partial charge is 0.273 e. The second-order valence-electron chi connectivity index (χ2n) is 4.55. The van der Waals surface area contributed by atoms with E-state index in [2.05, 4.69) is 15.5 Å². The molecule has 1 unspecified atom stereocenters. The van der Waals surface area contributed by atoms with Crippen molar-refractivity contribution in [2.75, 3.05) is 13.1 Å². The molecule has 20 heavy (non-hydrogen) atoms. The van der Waals surface area contributed by atoms with E-state index in [-0.39, 0.29) is 18.1 Å². The number of aryl methyl sites for hydroxylation is 1. The number of amides is 3. The van der Waals surface area contributed by atoms with Crippen molar-refractivity contribution in [3.05, 3.63) is 11.9 Å². The van der Waals surface area contributed by atoms with Gasteiger partial charge >= 0.3 is 0 Å². The molecule has 3 N–H and O–H groups in total. The highest BCUT2D eigenvalue weighted by molar-refractivity contribution is 5.95. The first-order chi connectivity index (χ1) is 9.49. The maximum atomic E-state index is 12.0. The van der Waals surface area contributed by atoms with Crippen LogP contribution in [-0.2, 0) is 16.6 Å². The molecule has 1 aliphatic heterocycles. The van der Waals surface area contributed by atoms with Gasteiger partial charge in [0.1, 0.15) is 6.04 Å². The van der Waals surface area contributed by atoms with E-state index in [0.29, 0.717) is 13.0 Å². The molecular weight excluding hydrogens is 264 g/mol. The Morgan fingerprint density at radius 2 is 2.25 bits per heavy atom. The molecule has 108 valence electrons. The van der Waals surface area contributed by atoms with E-state index in [1.807, 2.05) is 0 Å². The van der Waals surface area contributed by atoms with Crippen LogP contribution in [0, 0.1) is 0 Å². The van der Waals surface area contributed by atoms with Crippen molar-refractivity contribution < 1.29 is 14.4 Å². The number of nitrogens with one attached hydrogen (secondary N) is 1. The maximum Gasteiger partial charge on any atom is 0.273 e. The highest BCUT2D eigenvalue weighted by Gasteiger charge is 2.32. The van der Waals surface area contributed by atoms with Gasteiger partial charge in [-0.15, -0.1) is 5.10 Å². The van der Waals surface area contributed by atoms with Crippen LogP contribution in [0.1, 0.15) is 23.3 Å². The van der Waals surface area contributed by atoms with E-state index in [1.54, 1.807) is 7.05 Å². The average molecular weight is 280 g/mol. The summed E-state index contributed by atoms with van der Waals surface area (Å²) in [6, 6.07) is -0.573. The number of likely N-dealkylation sites (tertiary alicyclic amines) is 1. The Bertz CT molecular complexity index is 540. The van der Waals surface area contributed by atoms with Gasteiger partial charge in [-0.25, -0.2) is 0 Å². The summed E-state index contributed by atoms with van der Waals surface area (Å²) in [6.07, 6.45) is 2.61. The lowest BCUT2D eigenvalue weighted by molar-refractivity contribution is -0.136. The number of carbonyl (C=O) groups is 3. The quantitative estimate of drug-likeness (QED) is 0.661. The summed E-state index contributed by atoms with van der Waals surface area (Å²) >= 11 is 0. The molecule has 1 aliphatic rings. The zero-order valence-corrected chi connectivity index (χ0v) is 11.1. The van der Waals surface area contributed by atoms with Crippen LogP contribution in [0.2, 0.25) is 0 Å². The number of hydrogen-bond acceptors (Lipinski definition) is 5. The molecule has 0 aliphatic carbocycles. The predicted octanol–water partition coefficient (Wildman–Crippen LogP) is -1.98. The fourth-order valence-electron chi connectivity index (χ4n) is 2.16. The molecule has 1 saturated heterocycles. The first kappa shape index (κ1) is 14.0. The van der Waals surface area contributed by atoms with Gasteiger partial charge in [0.25, 0.3) is 5.91 Å². The minimum absolute atomic E-state index is 0.133. The molecule has 1 aromatic heterocycles. The second-order valence-corrected chi connectivity index (χ2v) is 4.55. The standard InChI is InChI=1S/C11H16N6O3/c1-16-14-5-7(15-16)11(20)13-6-9(18)17-4-2-3-8(17)10(12)19/h5,8H,2-4,6H2,1H3,(H2,12,19)(H,13,20). The lowest BCUT2D eigenvalue weighted by atomic mass is 10.2. The third-order valence-corrected chi connectivity index (χ3v) is 3.13. The summed E-state index contributed by atoms with van der Waals surface area (Å²) in [5.74, 6) is -1.33. The number of aromatic nitrogens is 3. The molecule has 0 bridgehead atoms. The normalized spacial score (nSPS) is 18.1. The SMILES string of the molecule is Cn1ncc(C(=O)NCC(=O)N2CCCC2C(N)=O)n1. The third kappa shape index (κ3) is 2.92. The van der Waals surface area contributed by atoms with Gasteiger partial charge in [-0.3, -0.25) is 14.4 Å². The zero-order valence-electron chi connectivity index (χ0n) is 11.1. The Morgan fingerprint density at radius 1 is 1.50 bits per heavy atom. The first-order valence-corrected chi connectivity index (χ1v) is 6.22. The Hall–Kier alpha value is -2.45. The van der Waals surface area contributed by atoms with Gasteiger partial charge < -0.3 is 16.0 Å². The minimum atomic E-state index is -0.573. The molecule has 1 fully saturated rings. The molecule has 2 rings (SSSR count). The molecule has 0 aromatic carbocycles. The number of primary amides is 1. The fourth-order valence-corrected chi connectivity index (χ4v) is 2.16. The molecule has 1 atom stereocenters. The van der Waals surface area contributed by atoms with Crippen LogP contribution >= 0.6 is 0 Å². The Morgan fingerprint density at radius 3 is 2.85 bits per heavy atom. The molecule has 0 radical (unpaired) electrons. The van der Waals surface area contributed by atoms with E-state index in [1.165, 1.54) is 15.9 Å². The van der Waals surface area contributed by atoms with E-state index in [4.69, 9.17) is 5.73 Å². The summed E-state index contributed by atoms with van der Waals surface area (Å²) in [5.41, 5.74) is 5.37. The van der Waals surface area contributed by atoms with Crippen molar-refractivity contribution >= 4 is 17.7 Å². The van der Waals surface area contributed by atoms with Gasteiger partial charge in [-0.2, -0.15) is 9.90 Å². The van der Waals surface area contributed by atoms with Crippen LogP contribution in [0.3, 0.4) is 0 Å². The first-order valence-electron chi connectivity index (χ1n) is 6.22. The minimum Gasteiger partial charge on any atom is -0.368 e. The van der Waals surface area contributed by atoms with Crippen molar-refractivity contribution in [1.82, 2.24) is 25.2 Å². The number of nitrogens with two attached hydrogens (primary N) is 1. The van der Waals surface area contributed by atoms with Gasteiger partial charge in [0.2, 0.25) is 11.8 Å². The average Bonchev–Trinajstić information content (AvgIpc) is 3.03. The zero-order chi connectivity index (χ0) is 14.7. The lowest BCUT2D eigenvalue weighted by Crippen LogP contribution is -2.47. The van der Waals surface area contributed by atoms with E-state index in [9.17, 15) is 14.4 Å². The molecule has 3 amide bonds. The number of hydrogen-bond donors (Lipinski definition) is 2.